The Morgan fingerprint density at radius 3 is 3.05 bits per heavy atom. The van der Waals surface area contributed by atoms with Gasteiger partial charge in [-0.1, -0.05) is 0 Å². The second kappa shape index (κ2) is 6.52. The fourth-order valence-corrected chi connectivity index (χ4v) is 3.33. The molecule has 1 N–H and O–H groups in total. The van der Waals surface area contributed by atoms with Crippen molar-refractivity contribution in [2.24, 2.45) is 0 Å². The quantitative estimate of drug-likeness (QED) is 0.858. The van der Waals surface area contributed by atoms with Crippen LogP contribution in [0.5, 0.6) is 5.75 Å². The Hall–Kier alpha value is -1.17. The molecule has 3 rings (SSSR count). The summed E-state index contributed by atoms with van der Waals surface area (Å²) in [7, 11) is 0. The summed E-state index contributed by atoms with van der Waals surface area (Å²) in [6.45, 7) is 8.48. The number of nitrogens with zero attached hydrogens (tertiary/aromatic N) is 2. The Kier molecular flexibility index (Phi) is 4.50. The van der Waals surface area contributed by atoms with Crippen molar-refractivity contribution < 1.29 is 4.74 Å². The lowest BCUT2D eigenvalue weighted by molar-refractivity contribution is 0.214. The van der Waals surface area contributed by atoms with Crippen LogP contribution in [0, 0.1) is 6.92 Å². The normalized spacial score (nSPS) is 16.6. The third-order valence-corrected chi connectivity index (χ3v) is 4.51. The highest BCUT2D eigenvalue weighted by molar-refractivity contribution is 7.18. The third-order valence-electron chi connectivity index (χ3n) is 3.56. The average molecular weight is 291 g/mol. The number of hydrogen-bond acceptors (Lipinski definition) is 5. The Morgan fingerprint density at radius 2 is 2.20 bits per heavy atom. The van der Waals surface area contributed by atoms with Crippen LogP contribution < -0.4 is 10.1 Å². The lowest BCUT2D eigenvalue weighted by atomic mass is 10.3. The highest BCUT2D eigenvalue weighted by Crippen LogP contribution is 2.25. The first-order valence-electron chi connectivity index (χ1n) is 7.24. The van der Waals surface area contributed by atoms with E-state index in [0.717, 1.165) is 62.0 Å². The van der Waals surface area contributed by atoms with Crippen LogP contribution in [0.2, 0.25) is 0 Å². The zero-order valence-corrected chi connectivity index (χ0v) is 12.7. The third kappa shape index (κ3) is 3.48. The van der Waals surface area contributed by atoms with Crippen LogP contribution in [0.15, 0.2) is 18.2 Å². The zero-order chi connectivity index (χ0) is 13.8. The standard InChI is InChI=1S/C15H21N3OS/c1-12-17-14-11-13(3-4-15(14)20-12)19-10-2-7-18-8-5-16-6-9-18/h3-4,11,16H,2,5-10H2,1H3. The summed E-state index contributed by atoms with van der Waals surface area (Å²) in [5.74, 6) is 0.933. The number of fused-ring (bicyclic) bond motifs is 1. The highest BCUT2D eigenvalue weighted by Gasteiger charge is 2.08. The molecule has 1 fully saturated rings. The van der Waals surface area contributed by atoms with Gasteiger partial charge in [-0.25, -0.2) is 4.98 Å². The highest BCUT2D eigenvalue weighted by atomic mass is 32.1. The number of nitrogens with one attached hydrogen (secondary N) is 1. The molecule has 4 nitrogen and oxygen atoms in total. The predicted octanol–water partition coefficient (Wildman–Crippen LogP) is 2.28. The lowest BCUT2D eigenvalue weighted by Crippen LogP contribution is -2.43. The topological polar surface area (TPSA) is 37.4 Å². The summed E-state index contributed by atoms with van der Waals surface area (Å²) in [6.07, 6.45) is 1.08. The van der Waals surface area contributed by atoms with E-state index < -0.39 is 0 Å². The largest absolute Gasteiger partial charge is 0.493 e. The molecule has 1 aromatic heterocycles. The van der Waals surface area contributed by atoms with Gasteiger partial charge in [0.2, 0.25) is 0 Å². The summed E-state index contributed by atoms with van der Waals surface area (Å²) < 4.78 is 7.07. The maximum atomic E-state index is 5.84. The number of piperazine rings is 1. The molecular weight excluding hydrogens is 270 g/mol. The Balaban J connectivity index is 1.46. The molecule has 20 heavy (non-hydrogen) atoms. The fraction of sp³-hybridized carbons (Fsp3) is 0.533. The van der Waals surface area contributed by atoms with E-state index in [-0.39, 0.29) is 0 Å². The van der Waals surface area contributed by atoms with E-state index >= 15 is 0 Å². The van der Waals surface area contributed by atoms with Gasteiger partial charge in [-0.15, -0.1) is 11.3 Å². The van der Waals surface area contributed by atoms with Crippen molar-refractivity contribution in [3.63, 3.8) is 0 Å². The molecule has 0 radical (unpaired) electrons. The second-order valence-electron chi connectivity index (χ2n) is 5.16. The van der Waals surface area contributed by atoms with Gasteiger partial charge in [-0.2, -0.15) is 0 Å². The lowest BCUT2D eigenvalue weighted by Gasteiger charge is -2.26. The van der Waals surface area contributed by atoms with Gasteiger partial charge in [-0.05, 0) is 25.5 Å². The summed E-state index contributed by atoms with van der Waals surface area (Å²) in [5.41, 5.74) is 1.05. The molecule has 1 aliphatic rings. The van der Waals surface area contributed by atoms with Crippen LogP contribution in [0.25, 0.3) is 10.2 Å². The van der Waals surface area contributed by atoms with E-state index in [1.54, 1.807) is 11.3 Å². The number of hydrogen-bond donors (Lipinski definition) is 1. The van der Waals surface area contributed by atoms with Crippen LogP contribution in [0.1, 0.15) is 11.4 Å². The SMILES string of the molecule is Cc1nc2cc(OCCCN3CCNCC3)ccc2s1. The van der Waals surface area contributed by atoms with Crippen LogP contribution in [-0.2, 0) is 0 Å². The number of benzene rings is 1. The molecule has 1 saturated heterocycles. The summed E-state index contributed by atoms with van der Waals surface area (Å²) in [6, 6.07) is 6.19. The minimum atomic E-state index is 0.776. The number of aryl methyl sites for hydroxylation is 1. The van der Waals surface area contributed by atoms with Gasteiger partial charge in [0.05, 0.1) is 21.8 Å². The van der Waals surface area contributed by atoms with Gasteiger partial charge in [0.1, 0.15) is 5.75 Å². The van der Waals surface area contributed by atoms with Crippen LogP contribution in [-0.4, -0.2) is 49.2 Å². The van der Waals surface area contributed by atoms with E-state index in [2.05, 4.69) is 21.3 Å². The van der Waals surface area contributed by atoms with Crippen LogP contribution in [0.4, 0.5) is 0 Å². The monoisotopic (exact) mass is 291 g/mol. The van der Waals surface area contributed by atoms with E-state index in [1.165, 1.54) is 4.70 Å². The first-order valence-corrected chi connectivity index (χ1v) is 8.06. The van der Waals surface area contributed by atoms with Crippen molar-refractivity contribution in [2.45, 2.75) is 13.3 Å². The number of rotatable bonds is 5. The zero-order valence-electron chi connectivity index (χ0n) is 11.9. The van der Waals surface area contributed by atoms with E-state index in [4.69, 9.17) is 4.74 Å². The Bertz CT molecular complexity index is 563. The van der Waals surface area contributed by atoms with Gasteiger partial charge in [0.15, 0.2) is 0 Å². The molecule has 0 unspecified atom stereocenters. The smallest absolute Gasteiger partial charge is 0.121 e. The van der Waals surface area contributed by atoms with Crippen LogP contribution in [0.3, 0.4) is 0 Å². The number of thiazole rings is 1. The van der Waals surface area contributed by atoms with Crippen molar-refractivity contribution >= 4 is 21.6 Å². The molecule has 0 spiro atoms. The predicted molar refractivity (Wildman–Crippen MR) is 83.8 cm³/mol. The summed E-state index contributed by atoms with van der Waals surface area (Å²) >= 11 is 1.73. The minimum Gasteiger partial charge on any atom is -0.493 e. The summed E-state index contributed by atoms with van der Waals surface area (Å²) in [5, 5.41) is 4.48. The van der Waals surface area contributed by atoms with Crippen molar-refractivity contribution in [3.8, 4) is 5.75 Å². The maximum Gasteiger partial charge on any atom is 0.121 e. The number of ether oxygens (including phenoxy) is 1. The van der Waals surface area contributed by atoms with Crippen molar-refractivity contribution in [1.82, 2.24) is 15.2 Å². The molecule has 0 atom stereocenters. The number of aromatic nitrogens is 1. The fourth-order valence-electron chi connectivity index (χ4n) is 2.53. The Labute approximate surface area is 123 Å². The Morgan fingerprint density at radius 1 is 1.35 bits per heavy atom. The van der Waals surface area contributed by atoms with E-state index in [1.807, 2.05) is 19.1 Å². The van der Waals surface area contributed by atoms with Gasteiger partial charge in [0.25, 0.3) is 0 Å². The first-order chi connectivity index (χ1) is 9.81. The molecule has 0 aliphatic carbocycles. The molecular formula is C15H21N3OS. The van der Waals surface area contributed by atoms with Gasteiger partial charge >= 0.3 is 0 Å². The van der Waals surface area contributed by atoms with Crippen molar-refractivity contribution in [3.05, 3.63) is 23.2 Å². The molecule has 2 heterocycles. The molecule has 0 amide bonds. The molecule has 5 heteroatoms. The second-order valence-corrected chi connectivity index (χ2v) is 6.39. The van der Waals surface area contributed by atoms with Crippen molar-refractivity contribution in [1.29, 1.82) is 0 Å². The average Bonchev–Trinajstić information content (AvgIpc) is 2.84. The van der Waals surface area contributed by atoms with E-state index in [9.17, 15) is 0 Å². The molecule has 1 aliphatic heterocycles. The van der Waals surface area contributed by atoms with Crippen LogP contribution >= 0.6 is 11.3 Å². The maximum absolute atomic E-state index is 5.84. The molecule has 1 aromatic carbocycles. The van der Waals surface area contributed by atoms with E-state index in [0.29, 0.717) is 0 Å². The van der Waals surface area contributed by atoms with Gasteiger partial charge < -0.3 is 15.0 Å². The molecule has 0 bridgehead atoms. The minimum absolute atomic E-state index is 0.776. The first kappa shape index (κ1) is 13.8. The molecule has 2 aromatic rings. The molecule has 0 saturated carbocycles. The van der Waals surface area contributed by atoms with Crippen molar-refractivity contribution in [2.75, 3.05) is 39.3 Å². The van der Waals surface area contributed by atoms with Gasteiger partial charge in [-0.3, -0.25) is 0 Å². The summed E-state index contributed by atoms with van der Waals surface area (Å²) in [4.78, 5) is 6.99. The molecule has 108 valence electrons. The van der Waals surface area contributed by atoms with Gasteiger partial charge in [0, 0.05) is 38.8 Å².